The fourth-order valence-electron chi connectivity index (χ4n) is 1.31. The van der Waals surface area contributed by atoms with Crippen molar-refractivity contribution >= 4 is 15.9 Å². The van der Waals surface area contributed by atoms with Crippen molar-refractivity contribution in [2.45, 2.75) is 26.5 Å². The van der Waals surface area contributed by atoms with Crippen molar-refractivity contribution in [1.82, 2.24) is 9.13 Å². The number of hydrogen-bond donors (Lipinski definition) is 1. The van der Waals surface area contributed by atoms with Gasteiger partial charge in [-0.3, -0.25) is 13.9 Å². The van der Waals surface area contributed by atoms with E-state index < -0.39 is 11.8 Å². The molecule has 6 heteroatoms. The maximum absolute atomic E-state index is 11.7. The number of halogens is 1. The maximum Gasteiger partial charge on any atom is 0.331 e. The van der Waals surface area contributed by atoms with E-state index in [1.165, 1.54) is 11.6 Å². The highest BCUT2D eigenvalue weighted by molar-refractivity contribution is 9.10. The first-order chi connectivity index (χ1) is 6.86. The summed E-state index contributed by atoms with van der Waals surface area (Å²) in [6.07, 6.45) is -0.634. The monoisotopic (exact) mass is 276 g/mol. The number of aromatic nitrogens is 2. The van der Waals surface area contributed by atoms with Gasteiger partial charge in [-0.1, -0.05) is 0 Å². The van der Waals surface area contributed by atoms with E-state index in [-0.39, 0.29) is 12.1 Å². The van der Waals surface area contributed by atoms with Crippen LogP contribution in [0.5, 0.6) is 0 Å². The topological polar surface area (TPSA) is 64.2 Å². The second-order valence-electron chi connectivity index (χ2n) is 3.51. The van der Waals surface area contributed by atoms with Gasteiger partial charge in [0.05, 0.1) is 12.6 Å². The van der Waals surface area contributed by atoms with Crippen molar-refractivity contribution in [2.75, 3.05) is 0 Å². The second kappa shape index (κ2) is 4.32. The van der Waals surface area contributed by atoms with Gasteiger partial charge in [-0.25, -0.2) is 4.79 Å². The van der Waals surface area contributed by atoms with E-state index >= 15 is 0 Å². The molecule has 0 aliphatic heterocycles. The summed E-state index contributed by atoms with van der Waals surface area (Å²) in [5.41, 5.74) is -0.245. The fourth-order valence-corrected chi connectivity index (χ4v) is 1.79. The number of aliphatic hydroxyl groups is 1. The van der Waals surface area contributed by atoms with E-state index in [1.54, 1.807) is 13.8 Å². The molecule has 0 aliphatic rings. The zero-order chi connectivity index (χ0) is 11.7. The molecule has 0 fully saturated rings. The minimum absolute atomic E-state index is 0.178. The Balaban J connectivity index is 3.53. The molecule has 1 heterocycles. The van der Waals surface area contributed by atoms with E-state index in [0.29, 0.717) is 10.2 Å². The zero-order valence-electron chi connectivity index (χ0n) is 8.82. The normalized spacial score (nSPS) is 12.9. The molecule has 0 aromatic carbocycles. The van der Waals surface area contributed by atoms with Gasteiger partial charge in [0, 0.05) is 12.7 Å². The molecule has 0 saturated heterocycles. The number of aliphatic hydroxyl groups excluding tert-OH is 1. The highest BCUT2D eigenvalue weighted by Crippen LogP contribution is 2.08. The first-order valence-electron chi connectivity index (χ1n) is 4.50. The van der Waals surface area contributed by atoms with E-state index in [0.717, 1.165) is 4.57 Å². The molecule has 0 aliphatic carbocycles. The van der Waals surface area contributed by atoms with Crippen molar-refractivity contribution in [3.8, 4) is 0 Å². The van der Waals surface area contributed by atoms with Crippen LogP contribution >= 0.6 is 15.9 Å². The van der Waals surface area contributed by atoms with Crippen molar-refractivity contribution < 1.29 is 5.11 Å². The predicted molar refractivity (Wildman–Crippen MR) is 60.1 cm³/mol. The van der Waals surface area contributed by atoms with Crippen molar-refractivity contribution in [1.29, 1.82) is 0 Å². The fraction of sp³-hybridized carbons (Fsp3) is 0.556. The average molecular weight is 277 g/mol. The lowest BCUT2D eigenvalue weighted by Crippen LogP contribution is -2.41. The summed E-state index contributed by atoms with van der Waals surface area (Å²) in [6, 6.07) is 0. The minimum Gasteiger partial charge on any atom is -0.392 e. The largest absolute Gasteiger partial charge is 0.392 e. The Morgan fingerprint density at radius 2 is 2.00 bits per heavy atom. The Hall–Kier alpha value is -0.880. The summed E-state index contributed by atoms with van der Waals surface area (Å²) in [5.74, 6) is 0. The van der Waals surface area contributed by atoms with Crippen LogP contribution in [-0.4, -0.2) is 20.3 Å². The third kappa shape index (κ3) is 2.21. The van der Waals surface area contributed by atoms with Gasteiger partial charge in [-0.2, -0.15) is 0 Å². The minimum atomic E-state index is -0.634. The van der Waals surface area contributed by atoms with Crippen LogP contribution in [0.25, 0.3) is 0 Å². The molecule has 1 atom stereocenters. The maximum atomic E-state index is 11.7. The molecule has 1 aromatic rings. The zero-order valence-corrected chi connectivity index (χ0v) is 10.4. The smallest absolute Gasteiger partial charge is 0.331 e. The third-order valence-corrected chi connectivity index (χ3v) is 3.09. The van der Waals surface area contributed by atoms with E-state index in [9.17, 15) is 14.7 Å². The Morgan fingerprint density at radius 3 is 2.47 bits per heavy atom. The van der Waals surface area contributed by atoms with E-state index in [1.807, 2.05) is 0 Å². The summed E-state index contributed by atoms with van der Waals surface area (Å²) in [4.78, 5) is 23.2. The lowest BCUT2D eigenvalue weighted by molar-refractivity contribution is 0.169. The summed E-state index contributed by atoms with van der Waals surface area (Å²) in [6.45, 7) is 3.43. The van der Waals surface area contributed by atoms with Gasteiger partial charge in [0.25, 0.3) is 5.56 Å². The second-order valence-corrected chi connectivity index (χ2v) is 4.30. The lowest BCUT2D eigenvalue weighted by atomic mass is 10.3. The van der Waals surface area contributed by atoms with Gasteiger partial charge < -0.3 is 5.11 Å². The molecule has 84 valence electrons. The van der Waals surface area contributed by atoms with E-state index in [4.69, 9.17) is 0 Å². The molecular weight excluding hydrogens is 264 g/mol. The van der Waals surface area contributed by atoms with Crippen LogP contribution in [0.3, 0.4) is 0 Å². The molecule has 0 spiro atoms. The highest BCUT2D eigenvalue weighted by Gasteiger charge is 2.12. The first kappa shape index (κ1) is 12.2. The standard InChI is InChI=1S/C9H13BrN2O3/c1-5(13)4-12-6(2)7(10)8(14)11(3)9(12)15/h5,13H,4H2,1-3H3. The van der Waals surface area contributed by atoms with Crippen molar-refractivity contribution in [3.63, 3.8) is 0 Å². The molecule has 0 amide bonds. The lowest BCUT2D eigenvalue weighted by Gasteiger charge is -2.14. The van der Waals surface area contributed by atoms with Crippen LogP contribution in [0.4, 0.5) is 0 Å². The molecule has 1 N–H and O–H groups in total. The van der Waals surface area contributed by atoms with Crippen LogP contribution in [-0.2, 0) is 13.6 Å². The van der Waals surface area contributed by atoms with Gasteiger partial charge in [0.1, 0.15) is 4.47 Å². The van der Waals surface area contributed by atoms with E-state index in [2.05, 4.69) is 15.9 Å². The summed E-state index contributed by atoms with van der Waals surface area (Å²) < 4.78 is 2.74. The highest BCUT2D eigenvalue weighted by atomic mass is 79.9. The van der Waals surface area contributed by atoms with Crippen LogP contribution in [0, 0.1) is 6.92 Å². The van der Waals surface area contributed by atoms with Crippen LogP contribution < -0.4 is 11.2 Å². The molecule has 5 nitrogen and oxygen atoms in total. The van der Waals surface area contributed by atoms with Gasteiger partial charge in [-0.05, 0) is 29.8 Å². The molecule has 0 bridgehead atoms. The summed E-state index contributed by atoms with van der Waals surface area (Å²) in [7, 11) is 1.41. The SMILES string of the molecule is Cc1c(Br)c(=O)n(C)c(=O)n1CC(C)O. The molecular formula is C9H13BrN2O3. The molecule has 1 aromatic heterocycles. The van der Waals surface area contributed by atoms with Gasteiger partial charge in [-0.15, -0.1) is 0 Å². The van der Waals surface area contributed by atoms with Gasteiger partial charge >= 0.3 is 5.69 Å². The Morgan fingerprint density at radius 1 is 1.47 bits per heavy atom. The van der Waals surface area contributed by atoms with Crippen LogP contribution in [0.2, 0.25) is 0 Å². The van der Waals surface area contributed by atoms with Crippen molar-refractivity contribution in [2.24, 2.45) is 7.05 Å². The predicted octanol–water partition coefficient (Wildman–Crippen LogP) is -0.00128. The van der Waals surface area contributed by atoms with Gasteiger partial charge in [0.2, 0.25) is 0 Å². The summed E-state index contributed by atoms with van der Waals surface area (Å²) in [5, 5.41) is 9.24. The summed E-state index contributed by atoms with van der Waals surface area (Å²) >= 11 is 3.13. The molecule has 0 saturated carbocycles. The third-order valence-electron chi connectivity index (χ3n) is 2.18. The number of nitrogens with zero attached hydrogens (tertiary/aromatic N) is 2. The first-order valence-corrected chi connectivity index (χ1v) is 5.29. The Kier molecular flexibility index (Phi) is 3.51. The number of rotatable bonds is 2. The quantitative estimate of drug-likeness (QED) is 0.827. The van der Waals surface area contributed by atoms with Gasteiger partial charge in [0.15, 0.2) is 0 Å². The molecule has 1 unspecified atom stereocenters. The van der Waals surface area contributed by atoms with Crippen LogP contribution in [0.1, 0.15) is 12.6 Å². The average Bonchev–Trinajstić information content (AvgIpc) is 2.18. The number of hydrogen-bond acceptors (Lipinski definition) is 3. The Bertz CT molecular complexity index is 487. The van der Waals surface area contributed by atoms with Crippen molar-refractivity contribution in [3.05, 3.63) is 31.0 Å². The molecule has 15 heavy (non-hydrogen) atoms. The molecule has 0 radical (unpaired) electrons. The van der Waals surface area contributed by atoms with Crippen LogP contribution in [0.15, 0.2) is 14.1 Å². The Labute approximate surface area is 95.1 Å². The molecule has 1 rings (SSSR count).